The highest BCUT2D eigenvalue weighted by Crippen LogP contribution is 2.03. The van der Waals surface area contributed by atoms with Crippen molar-refractivity contribution in [2.45, 2.75) is 33.2 Å². The lowest BCUT2D eigenvalue weighted by Crippen LogP contribution is -2.31. The Morgan fingerprint density at radius 1 is 1.35 bits per heavy atom. The van der Waals surface area contributed by atoms with E-state index in [1.165, 1.54) is 17.3 Å². The van der Waals surface area contributed by atoms with Gasteiger partial charge in [0.2, 0.25) is 0 Å². The normalized spacial score (nSPS) is 11.1. The summed E-state index contributed by atoms with van der Waals surface area (Å²) in [5.74, 6) is -0.342. The molecule has 0 aromatic heterocycles. The summed E-state index contributed by atoms with van der Waals surface area (Å²) in [5, 5.41) is 14.6. The molecule has 0 aliphatic heterocycles. The second kappa shape index (κ2) is 8.00. The third-order valence-corrected chi connectivity index (χ3v) is 2.71. The average molecular weight is 271 g/mol. The maximum absolute atomic E-state index is 11.6. The molecule has 0 atom stereocenters. The van der Waals surface area contributed by atoms with Crippen LogP contribution in [-0.4, -0.2) is 18.5 Å². The van der Waals surface area contributed by atoms with Gasteiger partial charge in [0, 0.05) is 18.8 Å². The number of nitriles is 1. The van der Waals surface area contributed by atoms with Crippen molar-refractivity contribution in [1.29, 1.82) is 5.26 Å². The Kier molecular flexibility index (Phi) is 6.31. The van der Waals surface area contributed by atoms with E-state index in [0.29, 0.717) is 6.54 Å². The SMILES string of the molecule is Cc1ccc(CCN/C=C(/C#N)C(=O)NC(C)C)cc1. The minimum absolute atomic E-state index is 0.0202. The van der Waals surface area contributed by atoms with Crippen molar-refractivity contribution in [3.63, 3.8) is 0 Å². The van der Waals surface area contributed by atoms with Gasteiger partial charge < -0.3 is 10.6 Å². The molecule has 0 saturated heterocycles. The van der Waals surface area contributed by atoms with Crippen LogP contribution in [0.25, 0.3) is 0 Å². The van der Waals surface area contributed by atoms with Crippen molar-refractivity contribution >= 4 is 5.91 Å². The first-order chi connectivity index (χ1) is 9.52. The van der Waals surface area contributed by atoms with Gasteiger partial charge in [0.25, 0.3) is 5.91 Å². The Bertz CT molecular complexity index is 510. The van der Waals surface area contributed by atoms with E-state index >= 15 is 0 Å². The molecule has 0 radical (unpaired) electrons. The van der Waals surface area contributed by atoms with Crippen LogP contribution in [0.5, 0.6) is 0 Å². The number of hydrogen-bond donors (Lipinski definition) is 2. The second-order valence-electron chi connectivity index (χ2n) is 4.99. The van der Waals surface area contributed by atoms with Gasteiger partial charge >= 0.3 is 0 Å². The van der Waals surface area contributed by atoms with Crippen LogP contribution in [0.15, 0.2) is 36.0 Å². The summed E-state index contributed by atoms with van der Waals surface area (Å²) < 4.78 is 0. The Morgan fingerprint density at radius 3 is 2.55 bits per heavy atom. The molecule has 106 valence electrons. The van der Waals surface area contributed by atoms with Gasteiger partial charge in [-0.15, -0.1) is 0 Å². The van der Waals surface area contributed by atoms with Gasteiger partial charge in [0.15, 0.2) is 0 Å². The van der Waals surface area contributed by atoms with Gasteiger partial charge in [0.05, 0.1) is 0 Å². The summed E-state index contributed by atoms with van der Waals surface area (Å²) in [7, 11) is 0. The van der Waals surface area contributed by atoms with Gasteiger partial charge in [-0.3, -0.25) is 4.79 Å². The minimum Gasteiger partial charge on any atom is -0.389 e. The Hall–Kier alpha value is -2.28. The maximum Gasteiger partial charge on any atom is 0.263 e. The summed E-state index contributed by atoms with van der Waals surface area (Å²) in [6, 6.07) is 10.2. The van der Waals surface area contributed by atoms with Crippen molar-refractivity contribution in [2.24, 2.45) is 0 Å². The molecule has 1 aromatic rings. The first kappa shape index (κ1) is 15.8. The second-order valence-corrected chi connectivity index (χ2v) is 4.99. The minimum atomic E-state index is -0.342. The van der Waals surface area contributed by atoms with Gasteiger partial charge in [-0.25, -0.2) is 0 Å². The lowest BCUT2D eigenvalue weighted by Gasteiger charge is -2.07. The first-order valence-corrected chi connectivity index (χ1v) is 6.73. The van der Waals surface area contributed by atoms with Crippen LogP contribution < -0.4 is 10.6 Å². The van der Waals surface area contributed by atoms with Gasteiger partial charge in [-0.05, 0) is 32.8 Å². The molecule has 1 amide bonds. The quantitative estimate of drug-likeness (QED) is 0.473. The third kappa shape index (κ3) is 5.57. The summed E-state index contributed by atoms with van der Waals surface area (Å²) in [5.41, 5.74) is 2.56. The van der Waals surface area contributed by atoms with E-state index in [2.05, 4.69) is 41.8 Å². The molecule has 20 heavy (non-hydrogen) atoms. The molecule has 0 bridgehead atoms. The van der Waals surface area contributed by atoms with Crippen molar-refractivity contribution < 1.29 is 4.79 Å². The van der Waals surface area contributed by atoms with Gasteiger partial charge in [0.1, 0.15) is 11.6 Å². The molecular weight excluding hydrogens is 250 g/mol. The van der Waals surface area contributed by atoms with Crippen LogP contribution in [0.3, 0.4) is 0 Å². The van der Waals surface area contributed by atoms with Crippen molar-refractivity contribution in [1.82, 2.24) is 10.6 Å². The van der Waals surface area contributed by atoms with Crippen LogP contribution in [0.1, 0.15) is 25.0 Å². The molecule has 4 heteroatoms. The van der Waals surface area contributed by atoms with Crippen LogP contribution in [0.4, 0.5) is 0 Å². The number of aryl methyl sites for hydroxylation is 1. The molecular formula is C16H21N3O. The lowest BCUT2D eigenvalue weighted by atomic mass is 10.1. The number of amides is 1. The Balaban J connectivity index is 2.44. The fourth-order valence-corrected chi connectivity index (χ4v) is 1.63. The third-order valence-electron chi connectivity index (χ3n) is 2.71. The lowest BCUT2D eigenvalue weighted by molar-refractivity contribution is -0.117. The van der Waals surface area contributed by atoms with E-state index in [0.717, 1.165) is 6.42 Å². The number of nitrogens with one attached hydrogen (secondary N) is 2. The fourth-order valence-electron chi connectivity index (χ4n) is 1.63. The number of carbonyl (C=O) groups excluding carboxylic acids is 1. The Labute approximate surface area is 120 Å². The number of hydrogen-bond acceptors (Lipinski definition) is 3. The summed E-state index contributed by atoms with van der Waals surface area (Å²) in [4.78, 5) is 11.6. The predicted molar refractivity (Wildman–Crippen MR) is 79.9 cm³/mol. The largest absolute Gasteiger partial charge is 0.389 e. The summed E-state index contributed by atoms with van der Waals surface area (Å²) >= 11 is 0. The van der Waals surface area contributed by atoms with Gasteiger partial charge in [-0.2, -0.15) is 5.26 Å². The highest BCUT2D eigenvalue weighted by Gasteiger charge is 2.09. The van der Waals surface area contributed by atoms with E-state index in [4.69, 9.17) is 5.26 Å². The first-order valence-electron chi connectivity index (χ1n) is 6.73. The molecule has 0 spiro atoms. The van der Waals surface area contributed by atoms with E-state index < -0.39 is 0 Å². The van der Waals surface area contributed by atoms with E-state index in [-0.39, 0.29) is 17.5 Å². The standard InChI is InChI=1S/C16H21N3O/c1-12(2)19-16(20)15(10-17)11-18-9-8-14-6-4-13(3)5-7-14/h4-7,11-12,18H,8-9H2,1-3H3,(H,19,20)/b15-11-. The molecule has 4 nitrogen and oxygen atoms in total. The fraction of sp³-hybridized carbons (Fsp3) is 0.375. The van der Waals surface area contributed by atoms with Crippen LogP contribution >= 0.6 is 0 Å². The predicted octanol–water partition coefficient (Wildman–Crippen LogP) is 2.06. The van der Waals surface area contributed by atoms with Crippen LogP contribution in [-0.2, 0) is 11.2 Å². The smallest absolute Gasteiger partial charge is 0.263 e. The highest BCUT2D eigenvalue weighted by atomic mass is 16.1. The summed E-state index contributed by atoms with van der Waals surface area (Å²) in [6.45, 7) is 6.45. The monoisotopic (exact) mass is 271 g/mol. The molecule has 0 aliphatic carbocycles. The molecule has 0 aliphatic rings. The zero-order valence-corrected chi connectivity index (χ0v) is 12.2. The molecule has 0 unspecified atom stereocenters. The molecule has 1 rings (SSSR count). The number of benzene rings is 1. The topological polar surface area (TPSA) is 64.9 Å². The number of nitrogens with zero attached hydrogens (tertiary/aromatic N) is 1. The molecule has 1 aromatic carbocycles. The summed E-state index contributed by atoms with van der Waals surface area (Å²) in [6.07, 6.45) is 2.33. The van der Waals surface area contributed by atoms with E-state index in [9.17, 15) is 4.79 Å². The highest BCUT2D eigenvalue weighted by molar-refractivity contribution is 5.97. The van der Waals surface area contributed by atoms with Crippen LogP contribution in [0.2, 0.25) is 0 Å². The molecule has 0 fully saturated rings. The Morgan fingerprint density at radius 2 is 2.00 bits per heavy atom. The van der Waals surface area contributed by atoms with Gasteiger partial charge in [-0.1, -0.05) is 29.8 Å². The molecule has 0 saturated carbocycles. The van der Waals surface area contributed by atoms with E-state index in [1.54, 1.807) is 0 Å². The number of rotatable bonds is 6. The zero-order chi connectivity index (χ0) is 15.0. The van der Waals surface area contributed by atoms with Crippen molar-refractivity contribution in [3.05, 3.63) is 47.2 Å². The van der Waals surface area contributed by atoms with Crippen molar-refractivity contribution in [3.8, 4) is 6.07 Å². The molecule has 0 heterocycles. The maximum atomic E-state index is 11.6. The zero-order valence-electron chi connectivity index (χ0n) is 12.2. The van der Waals surface area contributed by atoms with E-state index in [1.807, 2.05) is 19.9 Å². The van der Waals surface area contributed by atoms with Crippen LogP contribution in [0, 0.1) is 18.3 Å². The number of carbonyl (C=O) groups is 1. The van der Waals surface area contributed by atoms with Crippen molar-refractivity contribution in [2.75, 3.05) is 6.54 Å². The molecule has 2 N–H and O–H groups in total. The average Bonchev–Trinajstić information content (AvgIpc) is 2.40.